The zero-order valence-electron chi connectivity index (χ0n) is 8.81. The number of hydrogen-bond acceptors (Lipinski definition) is 3. The van der Waals surface area contributed by atoms with Crippen LogP contribution in [-0.4, -0.2) is 10.5 Å². The van der Waals surface area contributed by atoms with Gasteiger partial charge in [-0.05, 0) is 24.3 Å². The molecule has 0 atom stereocenters. The summed E-state index contributed by atoms with van der Waals surface area (Å²) in [7, 11) is 0. The molecule has 0 unspecified atom stereocenters. The van der Waals surface area contributed by atoms with Crippen molar-refractivity contribution in [1.82, 2.24) is 4.57 Å². The number of nitrogens with one attached hydrogen (secondary N) is 2. The fourth-order valence-electron chi connectivity index (χ4n) is 1.32. The monoisotopic (exact) mass is 311 g/mol. The molecule has 2 aromatic rings. The summed E-state index contributed by atoms with van der Waals surface area (Å²) < 4.78 is 2.56. The molecule has 1 heterocycles. The topological polar surface area (TPSA) is 57.9 Å². The molecule has 0 aliphatic heterocycles. The summed E-state index contributed by atoms with van der Waals surface area (Å²) in [6, 6.07) is 7.37. The molecule has 0 bridgehead atoms. The molecule has 0 saturated heterocycles. The highest BCUT2D eigenvalue weighted by molar-refractivity contribution is 9.10. The predicted octanol–water partition coefficient (Wildman–Crippen LogP) is 2.43. The molecule has 88 valence electrons. The maximum atomic E-state index is 11.7. The first-order chi connectivity index (χ1) is 8.15. The summed E-state index contributed by atoms with van der Waals surface area (Å²) >= 11 is 4.63. The number of halogens is 1. The lowest BCUT2D eigenvalue weighted by atomic mass is 10.3. The summed E-state index contributed by atoms with van der Waals surface area (Å²) in [5.74, 6) is -0.135. The second-order valence-corrected chi connectivity index (χ2v) is 5.20. The number of hydrogen-bond donors (Lipinski definition) is 2. The van der Waals surface area contributed by atoms with Crippen molar-refractivity contribution in [3.8, 4) is 0 Å². The maximum absolute atomic E-state index is 11.7. The number of carbonyl (C=O) groups excluding carboxylic acids is 1. The van der Waals surface area contributed by atoms with Gasteiger partial charge in [0.1, 0.15) is 6.54 Å². The van der Waals surface area contributed by atoms with Gasteiger partial charge in [-0.2, -0.15) is 0 Å². The second-order valence-electron chi connectivity index (χ2n) is 3.39. The molecule has 0 aliphatic carbocycles. The van der Waals surface area contributed by atoms with Crippen molar-refractivity contribution in [2.75, 3.05) is 5.32 Å². The van der Waals surface area contributed by atoms with E-state index in [2.05, 4.69) is 21.2 Å². The van der Waals surface area contributed by atoms with Gasteiger partial charge < -0.3 is 9.88 Å². The summed E-state index contributed by atoms with van der Waals surface area (Å²) in [6.45, 7) is 0.165. The molecule has 2 N–H and O–H groups in total. The molecular weight excluding hydrogens is 302 g/mol. The molecule has 0 saturated carbocycles. The Morgan fingerprint density at radius 3 is 2.71 bits per heavy atom. The van der Waals surface area contributed by atoms with Crippen LogP contribution in [0.4, 0.5) is 5.69 Å². The van der Waals surface area contributed by atoms with Crippen molar-refractivity contribution in [3.63, 3.8) is 0 Å². The average Bonchev–Trinajstić information content (AvgIpc) is 2.68. The molecular formula is C11H10BrN3OS. The Hall–Kier alpha value is -1.40. The Labute approximate surface area is 111 Å². The highest BCUT2D eigenvalue weighted by Gasteiger charge is 2.04. The summed E-state index contributed by atoms with van der Waals surface area (Å²) in [5.41, 5.74) is 0.751. The quantitative estimate of drug-likeness (QED) is 0.898. The lowest BCUT2D eigenvalue weighted by molar-refractivity contribution is -0.116. The minimum Gasteiger partial charge on any atom is -0.325 e. The molecule has 1 aromatic carbocycles. The molecule has 17 heavy (non-hydrogen) atoms. The molecule has 6 heteroatoms. The largest absolute Gasteiger partial charge is 0.325 e. The second kappa shape index (κ2) is 5.29. The average molecular weight is 312 g/mol. The fourth-order valence-corrected chi connectivity index (χ4v) is 2.18. The van der Waals surface area contributed by atoms with Crippen molar-refractivity contribution in [1.29, 1.82) is 5.41 Å². The van der Waals surface area contributed by atoms with E-state index in [0.29, 0.717) is 4.80 Å². The highest BCUT2D eigenvalue weighted by atomic mass is 79.9. The Morgan fingerprint density at radius 2 is 2.12 bits per heavy atom. The van der Waals surface area contributed by atoms with Crippen molar-refractivity contribution in [2.24, 2.45) is 0 Å². The van der Waals surface area contributed by atoms with Crippen LogP contribution < -0.4 is 10.1 Å². The minimum atomic E-state index is -0.135. The Morgan fingerprint density at radius 1 is 1.41 bits per heavy atom. The number of nitrogens with zero attached hydrogens (tertiary/aromatic N) is 1. The third-order valence-corrected chi connectivity index (χ3v) is 3.37. The lowest BCUT2D eigenvalue weighted by Crippen LogP contribution is -2.23. The molecule has 0 spiro atoms. The van der Waals surface area contributed by atoms with E-state index in [1.165, 1.54) is 11.3 Å². The zero-order valence-corrected chi connectivity index (χ0v) is 11.2. The first-order valence-electron chi connectivity index (χ1n) is 4.89. The SMILES string of the molecule is N=c1sccn1CC(=O)Nc1ccc(Br)cc1. The third kappa shape index (κ3) is 3.28. The van der Waals surface area contributed by atoms with Gasteiger partial charge in [0.2, 0.25) is 5.91 Å². The van der Waals surface area contributed by atoms with Crippen LogP contribution >= 0.6 is 27.3 Å². The fraction of sp³-hybridized carbons (Fsp3) is 0.0909. The number of anilines is 1. The van der Waals surface area contributed by atoms with Crippen LogP contribution in [0.3, 0.4) is 0 Å². The van der Waals surface area contributed by atoms with Crippen LogP contribution in [0.1, 0.15) is 0 Å². The van der Waals surface area contributed by atoms with E-state index in [4.69, 9.17) is 5.41 Å². The Bertz CT molecular complexity index is 573. The maximum Gasteiger partial charge on any atom is 0.244 e. The first-order valence-corrected chi connectivity index (χ1v) is 6.56. The lowest BCUT2D eigenvalue weighted by Gasteiger charge is -2.05. The standard InChI is InChI=1S/C11H10BrN3OS/c12-8-1-3-9(4-2-8)14-10(16)7-15-5-6-17-11(15)13/h1-6,13H,7H2,(H,14,16). The molecule has 4 nitrogen and oxygen atoms in total. The van der Waals surface area contributed by atoms with Crippen LogP contribution in [0.15, 0.2) is 40.3 Å². The van der Waals surface area contributed by atoms with Gasteiger partial charge in [0.25, 0.3) is 0 Å². The predicted molar refractivity (Wildman–Crippen MR) is 70.9 cm³/mol. The Kier molecular flexibility index (Phi) is 3.75. The van der Waals surface area contributed by atoms with Gasteiger partial charge in [-0.1, -0.05) is 15.9 Å². The van der Waals surface area contributed by atoms with E-state index < -0.39 is 0 Å². The molecule has 1 aromatic heterocycles. The van der Waals surface area contributed by atoms with E-state index >= 15 is 0 Å². The number of rotatable bonds is 3. The number of aromatic nitrogens is 1. The van der Waals surface area contributed by atoms with Gasteiger partial charge in [-0.25, -0.2) is 0 Å². The number of benzene rings is 1. The Balaban J connectivity index is 2.00. The van der Waals surface area contributed by atoms with Crippen molar-refractivity contribution < 1.29 is 4.79 Å². The number of carbonyl (C=O) groups is 1. The van der Waals surface area contributed by atoms with Crippen molar-refractivity contribution in [3.05, 3.63) is 45.1 Å². The van der Waals surface area contributed by atoms with E-state index in [-0.39, 0.29) is 12.5 Å². The van der Waals surface area contributed by atoms with Crippen LogP contribution in [0.25, 0.3) is 0 Å². The van der Waals surface area contributed by atoms with E-state index in [1.54, 1.807) is 16.1 Å². The highest BCUT2D eigenvalue weighted by Crippen LogP contribution is 2.13. The van der Waals surface area contributed by atoms with Gasteiger partial charge in [0.15, 0.2) is 4.80 Å². The van der Waals surface area contributed by atoms with Crippen molar-refractivity contribution >= 4 is 38.9 Å². The van der Waals surface area contributed by atoms with E-state index in [9.17, 15) is 4.79 Å². The summed E-state index contributed by atoms with van der Waals surface area (Å²) in [5, 5.41) is 12.1. The normalized spacial score (nSPS) is 10.2. The van der Waals surface area contributed by atoms with Crippen LogP contribution in [0.5, 0.6) is 0 Å². The molecule has 0 fully saturated rings. The smallest absolute Gasteiger partial charge is 0.244 e. The van der Waals surface area contributed by atoms with Crippen LogP contribution in [0, 0.1) is 5.41 Å². The molecule has 1 amide bonds. The van der Waals surface area contributed by atoms with Gasteiger partial charge in [-0.3, -0.25) is 10.2 Å². The van der Waals surface area contributed by atoms with Gasteiger partial charge in [0.05, 0.1) is 0 Å². The molecule has 0 aliphatic rings. The zero-order chi connectivity index (χ0) is 12.3. The summed E-state index contributed by atoms with van der Waals surface area (Å²) in [6.07, 6.45) is 1.73. The minimum absolute atomic E-state index is 0.135. The van der Waals surface area contributed by atoms with Gasteiger partial charge in [-0.15, -0.1) is 11.3 Å². The van der Waals surface area contributed by atoms with E-state index in [0.717, 1.165) is 10.2 Å². The van der Waals surface area contributed by atoms with Crippen LogP contribution in [-0.2, 0) is 11.3 Å². The number of amides is 1. The van der Waals surface area contributed by atoms with Crippen molar-refractivity contribution in [2.45, 2.75) is 6.54 Å². The number of thiazole rings is 1. The molecule has 2 rings (SSSR count). The first kappa shape index (κ1) is 12.1. The third-order valence-electron chi connectivity index (χ3n) is 2.12. The van der Waals surface area contributed by atoms with E-state index in [1.807, 2.05) is 24.3 Å². The van der Waals surface area contributed by atoms with Crippen LogP contribution in [0.2, 0.25) is 0 Å². The van der Waals surface area contributed by atoms with Gasteiger partial charge in [0, 0.05) is 21.7 Å². The molecule has 0 radical (unpaired) electrons. The van der Waals surface area contributed by atoms with Gasteiger partial charge >= 0.3 is 0 Å². The summed E-state index contributed by atoms with van der Waals surface area (Å²) in [4.78, 5) is 12.1.